The highest BCUT2D eigenvalue weighted by Gasteiger charge is 2.51. The fourth-order valence-electron chi connectivity index (χ4n) is 4.93. The smallest absolute Gasteiger partial charge is 0.395 e. The van der Waals surface area contributed by atoms with Crippen molar-refractivity contribution in [2.75, 3.05) is 0 Å². The lowest BCUT2D eigenvalue weighted by Crippen LogP contribution is -2.49. The number of halogens is 2. The van der Waals surface area contributed by atoms with Gasteiger partial charge in [0.05, 0.1) is 5.57 Å². The van der Waals surface area contributed by atoms with Crippen LogP contribution in [0.4, 0.5) is 8.63 Å². The molecule has 0 unspecified atom stereocenters. The molecule has 0 radical (unpaired) electrons. The average Bonchev–Trinajstić information content (AvgIpc) is 3.65. The van der Waals surface area contributed by atoms with Crippen LogP contribution in [0.5, 0.6) is 0 Å². The maximum atomic E-state index is 15.0. The van der Waals surface area contributed by atoms with E-state index < -0.39 is 6.97 Å². The van der Waals surface area contributed by atoms with E-state index in [-0.39, 0.29) is 0 Å². The molecular formula is C32H20BF2N3. The van der Waals surface area contributed by atoms with Crippen molar-refractivity contribution in [2.24, 2.45) is 0 Å². The zero-order chi connectivity index (χ0) is 26.1. The van der Waals surface area contributed by atoms with Crippen LogP contribution in [0.2, 0.25) is 0 Å². The quantitative estimate of drug-likeness (QED) is 0.136. The van der Waals surface area contributed by atoms with E-state index in [0.717, 1.165) is 36.8 Å². The summed E-state index contributed by atoms with van der Waals surface area (Å²) in [4.78, 5) is 0. The molecule has 0 saturated carbocycles. The Balaban J connectivity index is 1.40. The maximum Gasteiger partial charge on any atom is 0.737 e. The molecule has 1 aromatic heterocycles. The molecule has 0 atom stereocenters. The molecule has 2 aliphatic rings. The summed E-state index contributed by atoms with van der Waals surface area (Å²) in [6, 6.07) is 32.9. The third-order valence-electron chi connectivity index (χ3n) is 6.73. The number of nitriles is 1. The number of rotatable bonds is 3. The molecule has 0 N–H and O–H groups in total. The Morgan fingerprint density at radius 3 is 2.05 bits per heavy atom. The van der Waals surface area contributed by atoms with Crippen LogP contribution >= 0.6 is 0 Å². The topological polar surface area (TPSA) is 31.7 Å². The van der Waals surface area contributed by atoms with E-state index in [4.69, 9.17) is 0 Å². The van der Waals surface area contributed by atoms with Crippen molar-refractivity contribution < 1.29 is 13.1 Å². The van der Waals surface area contributed by atoms with Crippen molar-refractivity contribution in [1.82, 2.24) is 4.48 Å². The number of nitrogens with zero attached hydrogens (tertiary/aromatic N) is 3. The van der Waals surface area contributed by atoms with Crippen molar-refractivity contribution in [3.05, 3.63) is 149 Å². The van der Waals surface area contributed by atoms with Crippen LogP contribution in [-0.4, -0.2) is 22.1 Å². The lowest BCUT2D eigenvalue weighted by Gasteiger charge is -2.29. The molecule has 3 heterocycles. The number of allylic oxidation sites excluding steroid dienone is 4. The standard InChI is InChI=1S/C32H20BF2N3/c34-33(35)37-21-7-13-30(37)28(31-14-8-22-38(31)33)20-17-24-15-18-25(19-16-24)29(23-36)32(26-9-3-1-4-10-26)27-11-5-2-6-12-27/h1-16,18-19,21-22H. The van der Waals surface area contributed by atoms with E-state index in [1.165, 1.54) is 12.4 Å². The zero-order valence-corrected chi connectivity index (χ0v) is 20.2. The van der Waals surface area contributed by atoms with Crippen LogP contribution in [0.1, 0.15) is 27.9 Å². The van der Waals surface area contributed by atoms with Crippen LogP contribution in [0.25, 0.3) is 16.7 Å². The first-order chi connectivity index (χ1) is 18.6. The molecule has 38 heavy (non-hydrogen) atoms. The molecule has 0 saturated heterocycles. The molecule has 0 bridgehead atoms. The molecule has 180 valence electrons. The third-order valence-corrected chi connectivity index (χ3v) is 6.73. The summed E-state index contributed by atoms with van der Waals surface area (Å²) in [6.07, 6.45) is 6.06. The Bertz CT molecular complexity index is 1730. The normalized spacial score (nSPS) is 14.5. The van der Waals surface area contributed by atoms with E-state index in [1.54, 1.807) is 24.3 Å². The first-order valence-electron chi connectivity index (χ1n) is 12.2. The summed E-state index contributed by atoms with van der Waals surface area (Å²) in [5.74, 6) is 6.25. The third kappa shape index (κ3) is 3.90. The number of hydrogen-bond donors (Lipinski definition) is 0. The molecule has 0 aliphatic carbocycles. The molecular weight excluding hydrogens is 475 g/mol. The monoisotopic (exact) mass is 495 g/mol. The minimum absolute atomic E-state index is 0.399. The molecule has 3 aromatic carbocycles. The minimum atomic E-state index is -3.94. The molecule has 3 nitrogen and oxygen atoms in total. The van der Waals surface area contributed by atoms with Crippen molar-refractivity contribution in [2.45, 2.75) is 0 Å². The second-order valence-electron chi connectivity index (χ2n) is 8.99. The van der Waals surface area contributed by atoms with E-state index in [0.29, 0.717) is 22.5 Å². The molecule has 0 spiro atoms. The maximum absolute atomic E-state index is 15.0. The van der Waals surface area contributed by atoms with Crippen LogP contribution < -0.4 is 0 Å². The molecule has 6 heteroatoms. The number of benzene rings is 3. The number of hydrogen-bond acceptors (Lipinski definition) is 1. The minimum Gasteiger partial charge on any atom is -0.395 e. The summed E-state index contributed by atoms with van der Waals surface area (Å²) in [6.45, 7) is -3.94. The molecule has 4 aromatic rings. The SMILES string of the molecule is N#CC(=C(c1ccccc1)c1ccccc1)c1ccc(C#CC2=C3C=CC=[N+]3[B-](F)(F)n3cccc32)cc1. The summed E-state index contributed by atoms with van der Waals surface area (Å²) in [7, 11) is 0. The lowest BCUT2D eigenvalue weighted by molar-refractivity contribution is -0.356. The van der Waals surface area contributed by atoms with Crippen molar-refractivity contribution >= 4 is 29.9 Å². The number of aromatic nitrogens is 1. The Kier molecular flexibility index (Phi) is 5.71. The Morgan fingerprint density at radius 2 is 1.42 bits per heavy atom. The van der Waals surface area contributed by atoms with Gasteiger partial charge < -0.3 is 17.6 Å². The summed E-state index contributed by atoms with van der Waals surface area (Å²) in [5, 5.41) is 10.2. The van der Waals surface area contributed by atoms with Gasteiger partial charge in [-0.2, -0.15) is 5.26 Å². The van der Waals surface area contributed by atoms with E-state index in [1.807, 2.05) is 84.9 Å². The van der Waals surface area contributed by atoms with Gasteiger partial charge in [-0.3, -0.25) is 0 Å². The van der Waals surface area contributed by atoms with E-state index in [9.17, 15) is 13.9 Å². The van der Waals surface area contributed by atoms with Gasteiger partial charge in [-0.25, -0.2) is 0 Å². The van der Waals surface area contributed by atoms with Gasteiger partial charge in [-0.1, -0.05) is 84.6 Å². The molecule has 6 rings (SSSR count). The van der Waals surface area contributed by atoms with Crippen LogP contribution in [0, 0.1) is 23.2 Å². The number of fused-ring (bicyclic) bond motifs is 2. The van der Waals surface area contributed by atoms with Crippen LogP contribution in [0.3, 0.4) is 0 Å². The Morgan fingerprint density at radius 1 is 0.763 bits per heavy atom. The van der Waals surface area contributed by atoms with Gasteiger partial charge in [0.2, 0.25) is 0 Å². The highest BCUT2D eigenvalue weighted by atomic mass is 19.2. The van der Waals surface area contributed by atoms with Crippen LogP contribution in [0.15, 0.2) is 121 Å². The van der Waals surface area contributed by atoms with Crippen LogP contribution in [-0.2, 0) is 0 Å². The van der Waals surface area contributed by atoms with Gasteiger partial charge in [-0.05, 0) is 47.2 Å². The van der Waals surface area contributed by atoms with Crippen molar-refractivity contribution in [3.8, 4) is 17.9 Å². The first kappa shape index (κ1) is 23.2. The fourth-order valence-corrected chi connectivity index (χ4v) is 4.93. The van der Waals surface area contributed by atoms with E-state index in [2.05, 4.69) is 17.9 Å². The highest BCUT2D eigenvalue weighted by molar-refractivity contribution is 6.57. The fraction of sp³-hybridized carbons (Fsp3) is 0. The Hall–Kier alpha value is -5.20. The summed E-state index contributed by atoms with van der Waals surface area (Å²) in [5.41, 5.74) is 6.16. The average molecular weight is 495 g/mol. The van der Waals surface area contributed by atoms with Crippen molar-refractivity contribution in [1.29, 1.82) is 5.26 Å². The summed E-state index contributed by atoms with van der Waals surface area (Å²) < 4.78 is 31.9. The van der Waals surface area contributed by atoms with Gasteiger partial charge >= 0.3 is 6.97 Å². The van der Waals surface area contributed by atoms with Crippen molar-refractivity contribution in [3.63, 3.8) is 0 Å². The molecule has 0 amide bonds. The lowest BCUT2D eigenvalue weighted by atomic mass is 9.89. The largest absolute Gasteiger partial charge is 0.737 e. The van der Waals surface area contributed by atoms with Gasteiger partial charge in [-0.15, -0.1) is 0 Å². The van der Waals surface area contributed by atoms with Gasteiger partial charge in [0.15, 0.2) is 5.70 Å². The predicted molar refractivity (Wildman–Crippen MR) is 148 cm³/mol. The van der Waals surface area contributed by atoms with Gasteiger partial charge in [0.1, 0.15) is 17.9 Å². The highest BCUT2D eigenvalue weighted by Crippen LogP contribution is 2.35. The second-order valence-corrected chi connectivity index (χ2v) is 8.99. The summed E-state index contributed by atoms with van der Waals surface area (Å²) >= 11 is 0. The van der Waals surface area contributed by atoms with E-state index >= 15 is 0 Å². The predicted octanol–water partition coefficient (Wildman–Crippen LogP) is 6.62. The van der Waals surface area contributed by atoms with Gasteiger partial charge in [0.25, 0.3) is 0 Å². The van der Waals surface area contributed by atoms with Gasteiger partial charge in [0, 0.05) is 29.0 Å². The molecule has 0 fully saturated rings. The Labute approximate surface area is 219 Å². The zero-order valence-electron chi connectivity index (χ0n) is 20.2. The first-order valence-corrected chi connectivity index (χ1v) is 12.2. The molecule has 2 aliphatic heterocycles. The second kappa shape index (κ2) is 9.35.